The number of hydrogen-bond acceptors (Lipinski definition) is 12. The van der Waals surface area contributed by atoms with Crippen LogP contribution in [0, 0.1) is 0 Å². The predicted molar refractivity (Wildman–Crippen MR) is 269 cm³/mol. The summed E-state index contributed by atoms with van der Waals surface area (Å²) in [6, 6.07) is 52.3. The van der Waals surface area contributed by atoms with Gasteiger partial charge in [0.2, 0.25) is 5.60 Å². The number of alkyl halides is 3. The molecule has 1 fully saturated rings. The number of thioether (sulfide) groups is 1. The van der Waals surface area contributed by atoms with Crippen LogP contribution in [0.15, 0.2) is 208 Å². The Morgan fingerprint density at radius 1 is 0.722 bits per heavy atom. The lowest BCUT2D eigenvalue weighted by Crippen LogP contribution is -2.72. The maximum Gasteiger partial charge on any atom is 0.427 e. The third-order valence-electron chi connectivity index (χ3n) is 12.5. The van der Waals surface area contributed by atoms with Crippen molar-refractivity contribution < 1.29 is 37.5 Å². The Labute approximate surface area is 423 Å². The van der Waals surface area contributed by atoms with E-state index >= 15 is 18.0 Å². The number of carboxylic acid groups (broad SMARTS) is 1. The fraction of sp³-hybridized carbons (Fsp3) is 0.130. The SMILES string of the molecule is O=C(O)C1=C(Sc2nncs2)CCC2C(NC(=O)C(=NOC(c3ccccc3)(c3ccccc3)c3ccccc3)c3nc(NC(c4ccccc4)(c4ccccc4)c4ccccc4)sc3C(F)(F)F)C(=O)N12. The van der Waals surface area contributed by atoms with Crippen molar-refractivity contribution in [2.45, 2.75) is 46.6 Å². The molecular weight excluding hydrogens is 980 g/mol. The van der Waals surface area contributed by atoms with Crippen LogP contribution < -0.4 is 10.6 Å². The number of carbonyl (C=O) groups is 3. The number of nitrogens with one attached hydrogen (secondary N) is 2. The molecule has 6 aromatic carbocycles. The molecule has 2 aliphatic rings. The van der Waals surface area contributed by atoms with Gasteiger partial charge in [-0.1, -0.05) is 222 Å². The first-order valence-corrected chi connectivity index (χ1v) is 25.0. The number of amides is 2. The summed E-state index contributed by atoms with van der Waals surface area (Å²) in [5.41, 5.74) is 0.123. The number of thiazole rings is 1. The Hall–Kier alpha value is -7.93. The number of β-lactam (4-membered cyclic amide) rings is 1. The number of fused-ring (bicyclic) bond motifs is 1. The van der Waals surface area contributed by atoms with Crippen LogP contribution in [-0.2, 0) is 36.5 Å². The van der Waals surface area contributed by atoms with Gasteiger partial charge < -0.3 is 20.6 Å². The Bertz CT molecular complexity index is 3080. The zero-order valence-corrected chi connectivity index (χ0v) is 40.1. The average Bonchev–Trinajstić information content (AvgIpc) is 4.10. The van der Waals surface area contributed by atoms with Gasteiger partial charge in [0.1, 0.15) is 33.4 Å². The molecule has 2 aromatic heterocycles. The van der Waals surface area contributed by atoms with Crippen LogP contribution in [0.4, 0.5) is 18.3 Å². The Kier molecular flexibility index (Phi) is 13.3. The minimum atomic E-state index is -5.10. The van der Waals surface area contributed by atoms with Gasteiger partial charge in [-0.15, -0.1) is 10.2 Å². The third kappa shape index (κ3) is 8.92. The van der Waals surface area contributed by atoms with Crippen molar-refractivity contribution in [1.29, 1.82) is 0 Å². The van der Waals surface area contributed by atoms with E-state index in [1.807, 2.05) is 91.0 Å². The van der Waals surface area contributed by atoms with E-state index in [4.69, 9.17) is 4.84 Å². The number of aromatic nitrogens is 3. The van der Waals surface area contributed by atoms with E-state index in [9.17, 15) is 14.7 Å². The number of aliphatic carboxylic acids is 1. The van der Waals surface area contributed by atoms with Gasteiger partial charge in [-0.3, -0.25) is 14.5 Å². The van der Waals surface area contributed by atoms with Gasteiger partial charge in [0.05, 0.1) is 6.04 Å². The molecule has 360 valence electrons. The van der Waals surface area contributed by atoms with Crippen molar-refractivity contribution in [1.82, 2.24) is 25.4 Å². The largest absolute Gasteiger partial charge is 0.477 e. The standard InChI is InChI=1S/C54H40F3N7O5S3/c55-54(56,57)46-43(60-50(72-46)61-52(34-19-7-1-8-20-34,35-21-9-2-10-22-35)36-23-11-3-12-24-36)44(47(65)59-42-40-31-32-41(71-51-62-58-33-70-51)45(49(67)68)64(40)48(42)66)63-69-53(37-25-13-4-14-26-37,38-27-15-5-16-28-38)39-29-17-6-18-30-39/h1-30,33,40,42H,31-32H2,(H,59,65)(H,60,61)(H,67,68). The molecule has 0 saturated carbocycles. The summed E-state index contributed by atoms with van der Waals surface area (Å²) in [6.45, 7) is 0. The zero-order valence-electron chi connectivity index (χ0n) is 37.6. The van der Waals surface area contributed by atoms with Crippen molar-refractivity contribution in [3.05, 3.63) is 242 Å². The van der Waals surface area contributed by atoms with Crippen LogP contribution >= 0.6 is 34.4 Å². The molecule has 0 aliphatic carbocycles. The predicted octanol–water partition coefficient (Wildman–Crippen LogP) is 10.7. The first-order valence-electron chi connectivity index (χ1n) is 22.5. The number of anilines is 1. The van der Waals surface area contributed by atoms with E-state index in [0.29, 0.717) is 42.6 Å². The highest BCUT2D eigenvalue weighted by Gasteiger charge is 2.54. The number of rotatable bonds is 16. The minimum absolute atomic E-state index is 0.204. The molecule has 1 saturated heterocycles. The normalized spacial score (nSPS) is 16.1. The summed E-state index contributed by atoms with van der Waals surface area (Å²) in [6.07, 6.45) is -4.68. The molecule has 0 radical (unpaired) electrons. The van der Waals surface area contributed by atoms with Crippen molar-refractivity contribution in [2.24, 2.45) is 5.16 Å². The van der Waals surface area contributed by atoms with Gasteiger partial charge >= 0.3 is 12.1 Å². The molecular formula is C54H40F3N7O5S3. The van der Waals surface area contributed by atoms with Crippen LogP contribution in [0.1, 0.15) is 56.8 Å². The summed E-state index contributed by atoms with van der Waals surface area (Å²) in [7, 11) is 0. The molecule has 0 spiro atoms. The maximum atomic E-state index is 15.9. The summed E-state index contributed by atoms with van der Waals surface area (Å²) < 4.78 is 48.0. The maximum absolute atomic E-state index is 15.9. The molecule has 12 nitrogen and oxygen atoms in total. The van der Waals surface area contributed by atoms with Crippen molar-refractivity contribution in [3.8, 4) is 0 Å². The molecule has 3 N–H and O–H groups in total. The van der Waals surface area contributed by atoms with Gasteiger partial charge in [-0.2, -0.15) is 13.2 Å². The van der Waals surface area contributed by atoms with Gasteiger partial charge in [-0.05, 0) is 29.5 Å². The monoisotopic (exact) mass is 1020 g/mol. The molecule has 8 aromatic rings. The van der Waals surface area contributed by atoms with Crippen molar-refractivity contribution >= 4 is 63.1 Å². The molecule has 2 amide bonds. The van der Waals surface area contributed by atoms with Gasteiger partial charge in [-0.25, -0.2) is 9.78 Å². The average molecular weight is 1020 g/mol. The number of oxime groups is 1. The van der Waals surface area contributed by atoms with Crippen molar-refractivity contribution in [2.75, 3.05) is 5.32 Å². The highest BCUT2D eigenvalue weighted by Crippen LogP contribution is 2.47. The highest BCUT2D eigenvalue weighted by molar-refractivity contribution is 8.04. The van der Waals surface area contributed by atoms with Crippen LogP contribution in [0.25, 0.3) is 0 Å². The molecule has 4 heterocycles. The Balaban J connectivity index is 1.13. The first-order chi connectivity index (χ1) is 35.0. The van der Waals surface area contributed by atoms with E-state index in [0.717, 1.165) is 16.7 Å². The number of allylic oxidation sites excluding steroid dienone is 1. The molecule has 0 bridgehead atoms. The van der Waals surface area contributed by atoms with E-state index in [-0.39, 0.29) is 35.0 Å². The highest BCUT2D eigenvalue weighted by atomic mass is 32.2. The van der Waals surface area contributed by atoms with Crippen LogP contribution in [0.3, 0.4) is 0 Å². The summed E-state index contributed by atoms with van der Waals surface area (Å²) in [4.78, 5) is 53.6. The second-order valence-corrected chi connectivity index (χ2v) is 19.8. The second-order valence-electron chi connectivity index (χ2n) is 16.6. The molecule has 18 heteroatoms. The molecule has 2 aliphatic heterocycles. The topological polar surface area (TPSA) is 159 Å². The van der Waals surface area contributed by atoms with Crippen LogP contribution in [0.5, 0.6) is 0 Å². The quantitative estimate of drug-likeness (QED) is 0.0368. The van der Waals surface area contributed by atoms with Gasteiger partial charge in [0.15, 0.2) is 15.2 Å². The zero-order chi connectivity index (χ0) is 49.9. The lowest BCUT2D eigenvalue weighted by atomic mass is 9.77. The Morgan fingerprint density at radius 3 is 1.62 bits per heavy atom. The number of carboxylic acids is 1. The van der Waals surface area contributed by atoms with E-state index in [2.05, 4.69) is 31.0 Å². The fourth-order valence-electron chi connectivity index (χ4n) is 9.30. The lowest BCUT2D eigenvalue weighted by molar-refractivity contribution is -0.155. The Morgan fingerprint density at radius 2 is 1.19 bits per heavy atom. The molecule has 2 unspecified atom stereocenters. The summed E-state index contributed by atoms with van der Waals surface area (Å²) in [5.74, 6) is -3.36. The molecule has 2 atom stereocenters. The lowest BCUT2D eigenvalue weighted by Gasteiger charge is -2.50. The number of halogens is 3. The number of carbonyl (C=O) groups excluding carboxylic acids is 2. The minimum Gasteiger partial charge on any atom is -0.477 e. The smallest absolute Gasteiger partial charge is 0.427 e. The van der Waals surface area contributed by atoms with Crippen LogP contribution in [-0.4, -0.2) is 60.8 Å². The van der Waals surface area contributed by atoms with E-state index < -0.39 is 63.5 Å². The number of nitrogens with zero attached hydrogens (tertiary/aromatic N) is 5. The third-order valence-corrected chi connectivity index (χ3v) is 15.4. The second kappa shape index (κ2) is 20.1. The summed E-state index contributed by atoms with van der Waals surface area (Å²) >= 11 is 2.57. The fourth-order valence-corrected chi connectivity index (χ4v) is 11.9. The summed E-state index contributed by atoms with van der Waals surface area (Å²) in [5, 5.41) is 28.5. The number of benzene rings is 6. The number of hydrogen-bond donors (Lipinski definition) is 3. The van der Waals surface area contributed by atoms with E-state index in [1.54, 1.807) is 91.0 Å². The van der Waals surface area contributed by atoms with Gasteiger partial charge in [0, 0.05) is 21.6 Å². The van der Waals surface area contributed by atoms with Gasteiger partial charge in [0.25, 0.3) is 11.8 Å². The first kappa shape index (κ1) is 47.7. The van der Waals surface area contributed by atoms with Crippen molar-refractivity contribution in [3.63, 3.8) is 0 Å². The van der Waals surface area contributed by atoms with E-state index in [1.165, 1.54) is 16.8 Å². The molecule has 72 heavy (non-hydrogen) atoms. The van der Waals surface area contributed by atoms with Crippen LogP contribution in [0.2, 0.25) is 0 Å². The molecule has 10 rings (SSSR count).